The molecule has 0 bridgehead atoms. The van der Waals surface area contributed by atoms with E-state index in [2.05, 4.69) is 23.8 Å². The summed E-state index contributed by atoms with van der Waals surface area (Å²) in [5.74, 6) is 1.93. The number of amides is 1. The van der Waals surface area contributed by atoms with E-state index in [9.17, 15) is 4.79 Å². The third-order valence-corrected chi connectivity index (χ3v) is 4.30. The Morgan fingerprint density at radius 1 is 1.43 bits per heavy atom. The number of carbonyl (C=O) groups is 1. The highest BCUT2D eigenvalue weighted by Gasteiger charge is 2.26. The Balaban J connectivity index is 1.98. The molecule has 0 radical (unpaired) electrons. The molecule has 0 N–H and O–H groups in total. The predicted molar refractivity (Wildman–Crippen MR) is 90.7 cm³/mol. The van der Waals surface area contributed by atoms with Crippen molar-refractivity contribution in [2.75, 3.05) is 32.1 Å². The molecule has 1 saturated heterocycles. The minimum Gasteiger partial charge on any atom is -0.470 e. The van der Waals surface area contributed by atoms with Crippen LogP contribution >= 0.6 is 0 Å². The molecule has 0 aliphatic carbocycles. The van der Waals surface area contributed by atoms with E-state index in [1.807, 2.05) is 23.9 Å². The minimum atomic E-state index is -0.0139. The molecular formula is C17H28N4O2. The molecule has 1 aromatic rings. The topological polar surface area (TPSA) is 58.6 Å². The third kappa shape index (κ3) is 4.81. The lowest BCUT2D eigenvalue weighted by molar-refractivity contribution is -0.134. The first-order valence-electron chi connectivity index (χ1n) is 8.44. The van der Waals surface area contributed by atoms with Crippen LogP contribution in [0.5, 0.6) is 5.88 Å². The second kappa shape index (κ2) is 8.13. The van der Waals surface area contributed by atoms with Crippen molar-refractivity contribution >= 4 is 11.7 Å². The fourth-order valence-electron chi connectivity index (χ4n) is 2.70. The van der Waals surface area contributed by atoms with Gasteiger partial charge in [0.05, 0.1) is 6.54 Å². The van der Waals surface area contributed by atoms with Crippen LogP contribution in [0.15, 0.2) is 12.4 Å². The Bertz CT molecular complexity index is 521. The number of likely N-dealkylation sites (tertiary alicyclic amines) is 1. The Morgan fingerprint density at radius 3 is 2.87 bits per heavy atom. The maximum atomic E-state index is 12.4. The summed E-state index contributed by atoms with van der Waals surface area (Å²) in [5, 5.41) is 0. The Morgan fingerprint density at radius 2 is 2.17 bits per heavy atom. The van der Waals surface area contributed by atoms with Gasteiger partial charge in [-0.25, -0.2) is 9.97 Å². The van der Waals surface area contributed by atoms with Crippen LogP contribution in [-0.4, -0.2) is 54.1 Å². The number of hydrogen-bond acceptors (Lipinski definition) is 5. The molecule has 6 heteroatoms. The van der Waals surface area contributed by atoms with Crippen LogP contribution in [0, 0.1) is 5.92 Å². The van der Waals surface area contributed by atoms with Crippen LogP contribution in [-0.2, 0) is 4.79 Å². The Labute approximate surface area is 138 Å². The van der Waals surface area contributed by atoms with Crippen molar-refractivity contribution < 1.29 is 9.53 Å². The Hall–Kier alpha value is -1.85. The lowest BCUT2D eigenvalue weighted by Crippen LogP contribution is -2.45. The number of ether oxygens (including phenoxy) is 1. The summed E-state index contributed by atoms with van der Waals surface area (Å²) >= 11 is 0. The predicted octanol–water partition coefficient (Wildman–Crippen LogP) is 2.35. The molecule has 1 aliphatic heterocycles. The highest BCUT2D eigenvalue weighted by atomic mass is 16.5. The van der Waals surface area contributed by atoms with Crippen molar-refractivity contribution in [2.24, 2.45) is 5.92 Å². The molecule has 1 aromatic heterocycles. The number of rotatable bonds is 6. The van der Waals surface area contributed by atoms with Gasteiger partial charge in [-0.3, -0.25) is 4.79 Å². The first kappa shape index (κ1) is 17.5. The summed E-state index contributed by atoms with van der Waals surface area (Å²) < 4.78 is 6.05. The van der Waals surface area contributed by atoms with Crippen LogP contribution in [0.25, 0.3) is 0 Å². The van der Waals surface area contributed by atoms with E-state index in [1.165, 1.54) is 0 Å². The van der Waals surface area contributed by atoms with Gasteiger partial charge in [-0.05, 0) is 18.8 Å². The van der Waals surface area contributed by atoms with E-state index < -0.39 is 0 Å². The number of piperidine rings is 1. The summed E-state index contributed by atoms with van der Waals surface area (Å²) in [6.45, 7) is 5.71. The lowest BCUT2D eigenvalue weighted by atomic mass is 10.0. The lowest BCUT2D eigenvalue weighted by Gasteiger charge is -2.33. The molecule has 1 aliphatic rings. The zero-order chi connectivity index (χ0) is 16.8. The SMILES string of the molecule is CCC(C)CC(=O)N1CCCC(Oc2nccnc2N(C)C)C1. The van der Waals surface area contributed by atoms with Crippen molar-refractivity contribution in [2.45, 2.75) is 45.6 Å². The molecule has 6 nitrogen and oxygen atoms in total. The summed E-state index contributed by atoms with van der Waals surface area (Å²) in [4.78, 5) is 24.8. The second-order valence-electron chi connectivity index (χ2n) is 6.52. The molecule has 2 rings (SSSR count). The first-order valence-corrected chi connectivity index (χ1v) is 8.44. The van der Waals surface area contributed by atoms with Crippen molar-refractivity contribution in [3.8, 4) is 5.88 Å². The molecule has 2 unspecified atom stereocenters. The number of aromatic nitrogens is 2. The first-order chi connectivity index (χ1) is 11.0. The number of anilines is 1. The van der Waals surface area contributed by atoms with Gasteiger partial charge >= 0.3 is 0 Å². The maximum absolute atomic E-state index is 12.4. The van der Waals surface area contributed by atoms with Crippen molar-refractivity contribution in [1.29, 1.82) is 0 Å². The average Bonchev–Trinajstić information content (AvgIpc) is 2.55. The van der Waals surface area contributed by atoms with Crippen LogP contribution in [0.1, 0.15) is 39.5 Å². The van der Waals surface area contributed by atoms with Gasteiger partial charge in [-0.1, -0.05) is 20.3 Å². The van der Waals surface area contributed by atoms with Crippen LogP contribution in [0.3, 0.4) is 0 Å². The summed E-state index contributed by atoms with van der Waals surface area (Å²) in [6, 6.07) is 0. The number of carbonyl (C=O) groups excluding carboxylic acids is 1. The zero-order valence-electron chi connectivity index (χ0n) is 14.7. The third-order valence-electron chi connectivity index (χ3n) is 4.30. The van der Waals surface area contributed by atoms with Gasteiger partial charge in [0.25, 0.3) is 5.88 Å². The fraction of sp³-hybridized carbons (Fsp3) is 0.706. The van der Waals surface area contributed by atoms with Crippen molar-refractivity contribution in [1.82, 2.24) is 14.9 Å². The summed E-state index contributed by atoms with van der Waals surface area (Å²) in [6.07, 6.45) is 6.84. The highest BCUT2D eigenvalue weighted by molar-refractivity contribution is 5.76. The quantitative estimate of drug-likeness (QED) is 0.805. The van der Waals surface area contributed by atoms with E-state index in [0.29, 0.717) is 24.8 Å². The summed E-state index contributed by atoms with van der Waals surface area (Å²) in [7, 11) is 3.83. The molecule has 0 saturated carbocycles. The van der Waals surface area contributed by atoms with Gasteiger partial charge in [-0.15, -0.1) is 0 Å². The molecular weight excluding hydrogens is 292 g/mol. The maximum Gasteiger partial charge on any atom is 0.257 e. The van der Waals surface area contributed by atoms with Gasteiger partial charge in [-0.2, -0.15) is 0 Å². The van der Waals surface area contributed by atoms with E-state index in [4.69, 9.17) is 4.74 Å². The minimum absolute atomic E-state index is 0.0139. The van der Waals surface area contributed by atoms with Gasteiger partial charge in [0.1, 0.15) is 6.10 Å². The van der Waals surface area contributed by atoms with Crippen LogP contribution in [0.2, 0.25) is 0 Å². The van der Waals surface area contributed by atoms with Gasteiger partial charge in [0, 0.05) is 39.5 Å². The normalized spacial score (nSPS) is 19.3. The highest BCUT2D eigenvalue weighted by Crippen LogP contribution is 2.24. The smallest absolute Gasteiger partial charge is 0.257 e. The molecule has 0 spiro atoms. The monoisotopic (exact) mass is 320 g/mol. The number of hydrogen-bond donors (Lipinski definition) is 0. The largest absolute Gasteiger partial charge is 0.470 e. The zero-order valence-corrected chi connectivity index (χ0v) is 14.7. The molecule has 2 heterocycles. The van der Waals surface area contributed by atoms with Crippen LogP contribution < -0.4 is 9.64 Å². The standard InChI is InChI=1S/C17H28N4O2/c1-5-13(2)11-15(22)21-10-6-7-14(12-21)23-17-16(20(3)4)18-8-9-19-17/h8-9,13-14H,5-7,10-12H2,1-4H3. The average molecular weight is 320 g/mol. The molecule has 0 aromatic carbocycles. The molecule has 1 fully saturated rings. The Kier molecular flexibility index (Phi) is 6.19. The van der Waals surface area contributed by atoms with Gasteiger partial charge < -0.3 is 14.5 Å². The van der Waals surface area contributed by atoms with Crippen LogP contribution in [0.4, 0.5) is 5.82 Å². The van der Waals surface area contributed by atoms with Crippen molar-refractivity contribution in [3.63, 3.8) is 0 Å². The molecule has 1 amide bonds. The molecule has 2 atom stereocenters. The van der Waals surface area contributed by atoms with E-state index >= 15 is 0 Å². The van der Waals surface area contributed by atoms with E-state index in [-0.39, 0.29) is 12.0 Å². The molecule has 128 valence electrons. The number of nitrogens with zero attached hydrogens (tertiary/aromatic N) is 4. The van der Waals surface area contributed by atoms with E-state index in [0.717, 1.165) is 31.6 Å². The van der Waals surface area contributed by atoms with E-state index in [1.54, 1.807) is 12.4 Å². The van der Waals surface area contributed by atoms with Gasteiger partial charge in [0.15, 0.2) is 5.82 Å². The second-order valence-corrected chi connectivity index (χ2v) is 6.52. The molecule has 23 heavy (non-hydrogen) atoms. The van der Waals surface area contributed by atoms with Crippen molar-refractivity contribution in [3.05, 3.63) is 12.4 Å². The fourth-order valence-corrected chi connectivity index (χ4v) is 2.70. The van der Waals surface area contributed by atoms with Gasteiger partial charge in [0.2, 0.25) is 5.91 Å². The summed E-state index contributed by atoms with van der Waals surface area (Å²) in [5.41, 5.74) is 0.